The molecule has 5 aliphatic rings. The molecule has 0 spiro atoms. The Bertz CT molecular complexity index is 1560. The van der Waals surface area contributed by atoms with Gasteiger partial charge in [-0.15, -0.1) is 0 Å². The number of amides is 1. The smallest absolute Gasteiger partial charge is 0.248 e. The third-order valence-corrected chi connectivity index (χ3v) is 9.57. The summed E-state index contributed by atoms with van der Waals surface area (Å²) in [7, 11) is 0. The van der Waals surface area contributed by atoms with Crippen molar-refractivity contribution in [2.24, 2.45) is 17.8 Å². The molecule has 194 valence electrons. The van der Waals surface area contributed by atoms with Crippen molar-refractivity contribution in [2.75, 3.05) is 18.5 Å². The second kappa shape index (κ2) is 8.20. The van der Waals surface area contributed by atoms with Gasteiger partial charge >= 0.3 is 0 Å². The fourth-order valence-electron chi connectivity index (χ4n) is 8.43. The number of carbonyl (C=O) groups excluding carboxylic acids is 1. The van der Waals surface area contributed by atoms with Gasteiger partial charge in [0, 0.05) is 53.9 Å². The Morgan fingerprint density at radius 1 is 1.03 bits per heavy atom. The number of hydrogen-bond donors (Lipinski definition) is 2. The predicted octanol–water partition coefficient (Wildman–Crippen LogP) is 3.92. The first kappa shape index (κ1) is 22.4. The van der Waals surface area contributed by atoms with Crippen molar-refractivity contribution in [1.29, 1.82) is 0 Å². The molecule has 4 aromatic heterocycles. The maximum Gasteiger partial charge on any atom is 0.248 e. The summed E-state index contributed by atoms with van der Waals surface area (Å²) in [5.74, 6) is 3.47. The van der Waals surface area contributed by atoms with Crippen LogP contribution in [0.4, 0.5) is 11.8 Å². The first-order valence-corrected chi connectivity index (χ1v) is 13.8. The van der Waals surface area contributed by atoms with Crippen LogP contribution in [-0.2, 0) is 23.3 Å². The molecule has 1 aliphatic heterocycles. The highest BCUT2D eigenvalue weighted by molar-refractivity contribution is 6.06. The van der Waals surface area contributed by atoms with Crippen molar-refractivity contribution < 1.29 is 9.90 Å². The molecular weight excluding hydrogens is 478 g/mol. The van der Waals surface area contributed by atoms with E-state index in [2.05, 4.69) is 20.9 Å². The molecule has 0 unspecified atom stereocenters. The van der Waals surface area contributed by atoms with Crippen LogP contribution in [0.1, 0.15) is 49.8 Å². The summed E-state index contributed by atoms with van der Waals surface area (Å²) >= 11 is 0. The van der Waals surface area contributed by atoms with Crippen molar-refractivity contribution >= 4 is 39.6 Å². The average Bonchev–Trinajstić information content (AvgIpc) is 3.26. The van der Waals surface area contributed by atoms with Crippen LogP contribution in [0.25, 0.3) is 21.9 Å². The molecule has 0 atom stereocenters. The summed E-state index contributed by atoms with van der Waals surface area (Å²) in [4.78, 5) is 32.7. The number of aliphatic hydroxyl groups is 1. The summed E-state index contributed by atoms with van der Waals surface area (Å²) in [6.45, 7) is 0.576. The van der Waals surface area contributed by atoms with Gasteiger partial charge in [0.05, 0.1) is 11.7 Å². The van der Waals surface area contributed by atoms with Gasteiger partial charge in [-0.2, -0.15) is 4.98 Å². The Morgan fingerprint density at radius 3 is 2.58 bits per heavy atom. The van der Waals surface area contributed by atoms with E-state index in [1.807, 2.05) is 30.7 Å². The normalized spacial score (nSPS) is 27.7. The summed E-state index contributed by atoms with van der Waals surface area (Å²) in [5, 5.41) is 14.8. The number of carbonyl (C=O) groups is 1. The first-order valence-electron chi connectivity index (χ1n) is 13.8. The molecule has 4 saturated carbocycles. The predicted molar refractivity (Wildman–Crippen MR) is 143 cm³/mol. The number of anilines is 2. The lowest BCUT2D eigenvalue weighted by atomic mass is 9.53. The number of pyridine rings is 2. The molecule has 9 rings (SSSR count). The molecule has 4 bridgehead atoms. The highest BCUT2D eigenvalue weighted by Crippen LogP contribution is 2.60. The van der Waals surface area contributed by atoms with Crippen LogP contribution in [0.5, 0.6) is 0 Å². The molecule has 2 N–H and O–H groups in total. The number of hydrogen-bond acceptors (Lipinski definition) is 7. The molecule has 0 radical (unpaired) electrons. The standard InChI is InChI=1S/C29H31N7O2/c37-16-26(38)35-6-4-23-20(15-35)1-2-25(32-23)33-28-31-13-22-21-3-5-30-14-24(21)36(27(22)34-28)29-10-17-7-18(11-29)9-19(8-17)12-29/h1-3,5,13-14,17-19,37H,4,6-12,15-16H2,(H,31,32,33,34). The molecule has 1 amide bonds. The summed E-state index contributed by atoms with van der Waals surface area (Å²) in [6.07, 6.45) is 14.4. The van der Waals surface area contributed by atoms with Gasteiger partial charge in [0.2, 0.25) is 11.9 Å². The topological polar surface area (TPSA) is 109 Å². The van der Waals surface area contributed by atoms with E-state index in [0.717, 1.165) is 40.0 Å². The van der Waals surface area contributed by atoms with Crippen LogP contribution >= 0.6 is 0 Å². The molecule has 4 aromatic rings. The Labute approximate surface area is 220 Å². The van der Waals surface area contributed by atoms with E-state index in [4.69, 9.17) is 15.0 Å². The van der Waals surface area contributed by atoms with Gasteiger partial charge in [-0.3, -0.25) is 9.78 Å². The third kappa shape index (κ3) is 3.37. The summed E-state index contributed by atoms with van der Waals surface area (Å²) < 4.78 is 2.54. The number of aromatic nitrogens is 5. The quantitative estimate of drug-likeness (QED) is 0.429. The molecule has 0 aromatic carbocycles. The number of nitrogens with one attached hydrogen (secondary N) is 1. The average molecular weight is 510 g/mol. The Hall–Kier alpha value is -3.59. The largest absolute Gasteiger partial charge is 0.387 e. The zero-order valence-corrected chi connectivity index (χ0v) is 21.3. The zero-order valence-electron chi connectivity index (χ0n) is 21.3. The second-order valence-corrected chi connectivity index (χ2v) is 12.0. The van der Waals surface area contributed by atoms with E-state index >= 15 is 0 Å². The van der Waals surface area contributed by atoms with Gasteiger partial charge in [-0.1, -0.05) is 6.07 Å². The minimum absolute atomic E-state index is 0.116. The molecular formula is C29H31N7O2. The lowest BCUT2D eigenvalue weighted by Crippen LogP contribution is -2.51. The minimum atomic E-state index is -0.460. The van der Waals surface area contributed by atoms with Crippen molar-refractivity contribution in [1.82, 2.24) is 29.4 Å². The molecule has 9 heteroatoms. The fourth-order valence-corrected chi connectivity index (χ4v) is 8.43. The molecule has 0 saturated heterocycles. The van der Waals surface area contributed by atoms with E-state index in [1.165, 1.54) is 49.4 Å². The van der Waals surface area contributed by atoms with Gasteiger partial charge in [0.15, 0.2) is 0 Å². The van der Waals surface area contributed by atoms with Crippen LogP contribution in [0.3, 0.4) is 0 Å². The molecule has 4 aliphatic carbocycles. The van der Waals surface area contributed by atoms with E-state index in [0.29, 0.717) is 31.3 Å². The first-order chi connectivity index (χ1) is 18.6. The number of rotatable bonds is 4. The molecule has 38 heavy (non-hydrogen) atoms. The van der Waals surface area contributed by atoms with Crippen molar-refractivity contribution in [3.8, 4) is 0 Å². The molecule has 9 nitrogen and oxygen atoms in total. The van der Waals surface area contributed by atoms with E-state index in [-0.39, 0.29) is 11.4 Å². The van der Waals surface area contributed by atoms with Crippen LogP contribution in [0.2, 0.25) is 0 Å². The lowest BCUT2D eigenvalue weighted by Gasteiger charge is -2.57. The van der Waals surface area contributed by atoms with Gasteiger partial charge in [0.1, 0.15) is 18.1 Å². The minimum Gasteiger partial charge on any atom is -0.387 e. The van der Waals surface area contributed by atoms with Crippen LogP contribution < -0.4 is 5.32 Å². The van der Waals surface area contributed by atoms with Crippen LogP contribution in [0, 0.1) is 17.8 Å². The second-order valence-electron chi connectivity index (χ2n) is 12.0. The van der Waals surface area contributed by atoms with Crippen molar-refractivity contribution in [2.45, 2.75) is 57.0 Å². The highest BCUT2D eigenvalue weighted by Gasteiger charge is 2.52. The number of nitrogens with zero attached hydrogens (tertiary/aromatic N) is 6. The lowest BCUT2D eigenvalue weighted by molar-refractivity contribution is -0.135. The van der Waals surface area contributed by atoms with Gasteiger partial charge in [-0.25, -0.2) is 9.97 Å². The maximum atomic E-state index is 11.9. The SMILES string of the molecule is O=C(CO)N1CCc2nc(Nc3ncc4c5ccncc5n(C56CC7CC(CC(C7)C5)C6)c4n3)ccc2C1. The Kier molecular flexibility index (Phi) is 4.83. The summed E-state index contributed by atoms with van der Waals surface area (Å²) in [5.41, 5.74) is 4.25. The fraction of sp³-hybridized carbons (Fsp3) is 0.483. The van der Waals surface area contributed by atoms with Crippen LogP contribution in [-0.4, -0.2) is 53.6 Å². The van der Waals surface area contributed by atoms with E-state index in [9.17, 15) is 9.90 Å². The van der Waals surface area contributed by atoms with E-state index in [1.54, 1.807) is 4.90 Å². The molecule has 4 fully saturated rings. The number of fused-ring (bicyclic) bond motifs is 4. The monoisotopic (exact) mass is 509 g/mol. The third-order valence-electron chi connectivity index (χ3n) is 9.57. The maximum absolute atomic E-state index is 11.9. The summed E-state index contributed by atoms with van der Waals surface area (Å²) in [6, 6.07) is 6.01. The zero-order chi connectivity index (χ0) is 25.4. The van der Waals surface area contributed by atoms with Crippen molar-refractivity contribution in [3.63, 3.8) is 0 Å². The van der Waals surface area contributed by atoms with Crippen LogP contribution in [0.15, 0.2) is 36.8 Å². The van der Waals surface area contributed by atoms with Gasteiger partial charge < -0.3 is 19.9 Å². The van der Waals surface area contributed by atoms with Gasteiger partial charge in [0.25, 0.3) is 0 Å². The number of aliphatic hydroxyl groups excluding tert-OH is 1. The van der Waals surface area contributed by atoms with Crippen molar-refractivity contribution in [3.05, 3.63) is 48.0 Å². The highest BCUT2D eigenvalue weighted by atomic mass is 16.3. The molecule has 5 heterocycles. The Balaban J connectivity index is 1.18. The Morgan fingerprint density at radius 2 is 1.82 bits per heavy atom. The van der Waals surface area contributed by atoms with E-state index < -0.39 is 6.61 Å². The van der Waals surface area contributed by atoms with Gasteiger partial charge in [-0.05, 0) is 74.0 Å².